The van der Waals surface area contributed by atoms with Gasteiger partial charge in [0.2, 0.25) is 0 Å². The lowest BCUT2D eigenvalue weighted by Crippen LogP contribution is -2.55. The van der Waals surface area contributed by atoms with Crippen LogP contribution in [0.3, 0.4) is 0 Å². The van der Waals surface area contributed by atoms with Crippen molar-refractivity contribution in [2.75, 3.05) is 32.8 Å². The van der Waals surface area contributed by atoms with Crippen LogP contribution in [0.2, 0.25) is 0 Å². The quantitative estimate of drug-likeness (QED) is 0.774. The second-order valence-corrected chi connectivity index (χ2v) is 8.29. The van der Waals surface area contributed by atoms with Crippen LogP contribution in [0.25, 0.3) is 0 Å². The van der Waals surface area contributed by atoms with Gasteiger partial charge in [0.25, 0.3) is 5.56 Å². The molecule has 0 spiro atoms. The molecule has 2 N–H and O–H groups in total. The van der Waals surface area contributed by atoms with Crippen LogP contribution in [0.5, 0.6) is 0 Å². The summed E-state index contributed by atoms with van der Waals surface area (Å²) < 4.78 is 11.6. The molecule has 1 aromatic heterocycles. The Morgan fingerprint density at radius 2 is 2.07 bits per heavy atom. The van der Waals surface area contributed by atoms with Crippen molar-refractivity contribution in [2.45, 2.75) is 58.0 Å². The van der Waals surface area contributed by atoms with E-state index in [1.54, 1.807) is 11.0 Å². The Morgan fingerprint density at radius 3 is 2.76 bits per heavy atom. The van der Waals surface area contributed by atoms with E-state index in [9.17, 15) is 9.59 Å². The standard InChI is InChI=1S/C20H31N5O4/c1-4-28-20(27)25-9-7-24(8-10-25)19-21-15-6-5-14(13(3)18(15)29-19)17-12(2)11-16(26)22-23-17/h11,13-15,18-19,21H,4-10H2,1-3H3,(H,22,26). The van der Waals surface area contributed by atoms with Gasteiger partial charge >= 0.3 is 6.09 Å². The summed E-state index contributed by atoms with van der Waals surface area (Å²) in [7, 11) is 0. The van der Waals surface area contributed by atoms with E-state index in [-0.39, 0.29) is 30.0 Å². The van der Waals surface area contributed by atoms with Crippen LogP contribution in [0.15, 0.2) is 10.9 Å². The molecule has 160 valence electrons. The van der Waals surface area contributed by atoms with Crippen molar-refractivity contribution in [3.8, 4) is 0 Å². The lowest BCUT2D eigenvalue weighted by atomic mass is 9.74. The number of ether oxygens (including phenoxy) is 2. The first-order valence-corrected chi connectivity index (χ1v) is 10.6. The third-order valence-corrected chi connectivity index (χ3v) is 6.54. The minimum absolute atomic E-state index is 0.106. The average Bonchev–Trinajstić information content (AvgIpc) is 3.15. The van der Waals surface area contributed by atoms with Crippen LogP contribution in [0, 0.1) is 12.8 Å². The molecule has 0 radical (unpaired) electrons. The predicted molar refractivity (Wildman–Crippen MR) is 106 cm³/mol. The van der Waals surface area contributed by atoms with Gasteiger partial charge in [0, 0.05) is 44.2 Å². The highest BCUT2D eigenvalue weighted by molar-refractivity contribution is 5.67. The van der Waals surface area contributed by atoms with E-state index in [2.05, 4.69) is 27.3 Å². The van der Waals surface area contributed by atoms with Crippen molar-refractivity contribution in [1.29, 1.82) is 0 Å². The van der Waals surface area contributed by atoms with Crippen LogP contribution in [-0.4, -0.2) is 77.4 Å². The normalized spacial score (nSPS) is 32.8. The summed E-state index contributed by atoms with van der Waals surface area (Å²) in [6.45, 7) is 9.21. The van der Waals surface area contributed by atoms with Crippen molar-refractivity contribution >= 4 is 6.09 Å². The summed E-state index contributed by atoms with van der Waals surface area (Å²) in [6.07, 6.45) is 1.78. The average molecular weight is 405 g/mol. The molecule has 5 atom stereocenters. The maximum Gasteiger partial charge on any atom is 0.409 e. The van der Waals surface area contributed by atoms with Gasteiger partial charge in [-0.25, -0.2) is 9.89 Å². The van der Waals surface area contributed by atoms with Crippen LogP contribution < -0.4 is 10.9 Å². The van der Waals surface area contributed by atoms with Gasteiger partial charge in [0.1, 0.15) is 0 Å². The zero-order valence-corrected chi connectivity index (χ0v) is 17.4. The molecule has 2 saturated heterocycles. The number of hydrogen-bond donors (Lipinski definition) is 2. The van der Waals surface area contributed by atoms with Gasteiger partial charge in [-0.3, -0.25) is 15.0 Å². The molecule has 0 bridgehead atoms. The van der Waals surface area contributed by atoms with Gasteiger partial charge in [-0.1, -0.05) is 6.92 Å². The largest absolute Gasteiger partial charge is 0.450 e. The number of piperazine rings is 1. The van der Waals surface area contributed by atoms with Crippen LogP contribution in [0.4, 0.5) is 4.79 Å². The molecule has 0 aromatic carbocycles. The van der Waals surface area contributed by atoms with E-state index in [1.807, 2.05) is 13.8 Å². The predicted octanol–water partition coefficient (Wildman–Crippen LogP) is 1.01. The Labute approximate surface area is 170 Å². The lowest BCUT2D eigenvalue weighted by molar-refractivity contribution is -0.0946. The summed E-state index contributed by atoms with van der Waals surface area (Å²) >= 11 is 0. The van der Waals surface area contributed by atoms with Crippen LogP contribution in [0.1, 0.15) is 43.9 Å². The Morgan fingerprint density at radius 1 is 1.31 bits per heavy atom. The first kappa shape index (κ1) is 20.3. The topological polar surface area (TPSA) is 99.8 Å². The summed E-state index contributed by atoms with van der Waals surface area (Å²) in [6, 6.07) is 1.94. The fourth-order valence-electron chi connectivity index (χ4n) is 4.96. The molecule has 3 aliphatic rings. The summed E-state index contributed by atoms with van der Waals surface area (Å²) in [4.78, 5) is 27.4. The third-order valence-electron chi connectivity index (χ3n) is 6.54. The second-order valence-electron chi connectivity index (χ2n) is 8.29. The van der Waals surface area contributed by atoms with Gasteiger partial charge in [-0.15, -0.1) is 0 Å². The Kier molecular flexibility index (Phi) is 5.89. The summed E-state index contributed by atoms with van der Waals surface area (Å²) in [5.74, 6) is 0.568. The third kappa shape index (κ3) is 4.04. The number of hydrogen-bond acceptors (Lipinski definition) is 7. The molecule has 3 fully saturated rings. The fraction of sp³-hybridized carbons (Fsp3) is 0.750. The first-order chi connectivity index (χ1) is 14.0. The summed E-state index contributed by atoms with van der Waals surface area (Å²) in [5.41, 5.74) is 1.76. The fourth-order valence-corrected chi connectivity index (χ4v) is 4.96. The molecule has 29 heavy (non-hydrogen) atoms. The van der Waals surface area contributed by atoms with E-state index < -0.39 is 0 Å². The molecular formula is C20H31N5O4. The molecule has 1 amide bonds. The number of H-pyrrole nitrogens is 1. The number of aromatic nitrogens is 2. The van der Waals surface area contributed by atoms with Gasteiger partial charge < -0.3 is 14.4 Å². The van der Waals surface area contributed by atoms with Crippen molar-refractivity contribution in [3.63, 3.8) is 0 Å². The van der Waals surface area contributed by atoms with Crippen LogP contribution >= 0.6 is 0 Å². The monoisotopic (exact) mass is 405 g/mol. The van der Waals surface area contributed by atoms with Crippen LogP contribution in [-0.2, 0) is 9.47 Å². The van der Waals surface area contributed by atoms with Crippen molar-refractivity contribution in [1.82, 2.24) is 25.3 Å². The molecule has 1 aromatic rings. The van der Waals surface area contributed by atoms with E-state index in [0.29, 0.717) is 31.7 Å². The number of nitrogens with one attached hydrogen (secondary N) is 2. The molecule has 9 nitrogen and oxygen atoms in total. The van der Waals surface area contributed by atoms with E-state index in [1.165, 1.54) is 0 Å². The number of nitrogens with zero attached hydrogens (tertiary/aromatic N) is 3. The zero-order chi connectivity index (χ0) is 20.5. The van der Waals surface area contributed by atoms with Gasteiger partial charge in [0.05, 0.1) is 18.4 Å². The van der Waals surface area contributed by atoms with E-state index in [0.717, 1.165) is 37.2 Å². The highest BCUT2D eigenvalue weighted by Gasteiger charge is 2.46. The minimum Gasteiger partial charge on any atom is -0.450 e. The molecule has 9 heteroatoms. The van der Waals surface area contributed by atoms with Gasteiger partial charge in [0.15, 0.2) is 6.35 Å². The molecule has 3 heterocycles. The van der Waals surface area contributed by atoms with Crippen molar-refractivity contribution < 1.29 is 14.3 Å². The number of fused-ring (bicyclic) bond motifs is 1. The number of aromatic amines is 1. The van der Waals surface area contributed by atoms with Crippen molar-refractivity contribution in [2.24, 2.45) is 5.92 Å². The number of aryl methyl sites for hydroxylation is 1. The van der Waals surface area contributed by atoms with Gasteiger partial charge in [-0.05, 0) is 38.2 Å². The first-order valence-electron chi connectivity index (χ1n) is 10.6. The zero-order valence-electron chi connectivity index (χ0n) is 17.4. The summed E-state index contributed by atoms with van der Waals surface area (Å²) in [5, 5.41) is 10.6. The minimum atomic E-state index is -0.235. The Bertz CT molecular complexity index is 791. The number of rotatable bonds is 3. The van der Waals surface area contributed by atoms with E-state index in [4.69, 9.17) is 9.47 Å². The smallest absolute Gasteiger partial charge is 0.409 e. The lowest BCUT2D eigenvalue weighted by Gasteiger charge is -2.37. The highest BCUT2D eigenvalue weighted by atomic mass is 16.6. The Balaban J connectivity index is 1.38. The number of carbonyl (C=O) groups is 1. The maximum atomic E-state index is 11.9. The van der Waals surface area contributed by atoms with Crippen molar-refractivity contribution in [3.05, 3.63) is 27.7 Å². The molecule has 4 rings (SSSR count). The van der Waals surface area contributed by atoms with E-state index >= 15 is 0 Å². The number of amides is 1. The number of carbonyl (C=O) groups excluding carboxylic acids is 1. The molecule has 1 aliphatic carbocycles. The SMILES string of the molecule is CCOC(=O)N1CCN(C2NC3CCC(c4n[nH]c(=O)cc4C)C(C)C3O2)CC1. The molecular weight excluding hydrogens is 374 g/mol. The Hall–Kier alpha value is -1.97. The maximum absolute atomic E-state index is 11.9. The molecule has 1 saturated carbocycles. The molecule has 5 unspecified atom stereocenters. The van der Waals surface area contributed by atoms with Gasteiger partial charge in [-0.2, -0.15) is 5.10 Å². The molecule has 2 aliphatic heterocycles. The second kappa shape index (κ2) is 8.41. The highest BCUT2D eigenvalue weighted by Crippen LogP contribution is 2.41.